The van der Waals surface area contributed by atoms with Gasteiger partial charge in [-0.15, -0.1) is 12.4 Å². The number of nitrogens with one attached hydrogen (secondary N) is 1. The molecule has 1 aromatic heterocycles. The van der Waals surface area contributed by atoms with Gasteiger partial charge in [0.1, 0.15) is 4.90 Å². The molecule has 0 spiro atoms. The molecule has 0 aliphatic heterocycles. The zero-order valence-electron chi connectivity index (χ0n) is 13.3. The highest BCUT2D eigenvalue weighted by molar-refractivity contribution is 7.89. The molecule has 0 aliphatic rings. The first-order chi connectivity index (χ1) is 10.5. The number of halogens is 1. The smallest absolute Gasteiger partial charge is 0.244 e. The van der Waals surface area contributed by atoms with E-state index in [1.807, 2.05) is 44.2 Å². The van der Waals surface area contributed by atoms with E-state index in [9.17, 15) is 8.42 Å². The Morgan fingerprint density at radius 3 is 2.35 bits per heavy atom. The molecule has 2 aromatic rings. The molecule has 0 amide bonds. The fraction of sp³-hybridized carbons (Fsp3) is 0.400. The first kappa shape index (κ1) is 19.6. The molecule has 0 unspecified atom stereocenters. The second-order valence-corrected chi connectivity index (χ2v) is 6.94. The fourth-order valence-corrected chi connectivity index (χ4v) is 3.72. The van der Waals surface area contributed by atoms with Gasteiger partial charge in [0.15, 0.2) is 0 Å². The van der Waals surface area contributed by atoms with Crippen LogP contribution < -0.4 is 10.5 Å². The number of benzene rings is 1. The van der Waals surface area contributed by atoms with Gasteiger partial charge in [-0.25, -0.2) is 17.8 Å². The van der Waals surface area contributed by atoms with Crippen LogP contribution in [0.1, 0.15) is 26.7 Å². The molecule has 128 valence electrons. The third kappa shape index (κ3) is 4.32. The van der Waals surface area contributed by atoms with Gasteiger partial charge in [-0.1, -0.05) is 32.0 Å². The Morgan fingerprint density at radius 2 is 1.83 bits per heavy atom. The normalized spacial score (nSPS) is 12.0. The summed E-state index contributed by atoms with van der Waals surface area (Å²) in [6.45, 7) is 4.10. The Bertz CT molecular complexity index is 704. The average molecular weight is 359 g/mol. The summed E-state index contributed by atoms with van der Waals surface area (Å²) in [6, 6.07) is 9.36. The standard InChI is InChI=1S/C15H22N4O2S.ClH/c1-3-15(4-2,12-16)18-22(20,21)14-10-17-19(11-14)13-8-6-5-7-9-13;/h5-11,18H,3-4,12,16H2,1-2H3;1H. The van der Waals surface area contributed by atoms with Crippen molar-refractivity contribution in [2.45, 2.75) is 37.1 Å². The van der Waals surface area contributed by atoms with Gasteiger partial charge < -0.3 is 5.73 Å². The van der Waals surface area contributed by atoms with Crippen molar-refractivity contribution in [2.75, 3.05) is 6.54 Å². The number of nitrogens with zero attached hydrogens (tertiary/aromatic N) is 2. The van der Waals surface area contributed by atoms with E-state index >= 15 is 0 Å². The maximum atomic E-state index is 12.5. The van der Waals surface area contributed by atoms with Crippen LogP contribution in [0.4, 0.5) is 0 Å². The van der Waals surface area contributed by atoms with Crippen LogP contribution in [0.2, 0.25) is 0 Å². The summed E-state index contributed by atoms with van der Waals surface area (Å²) in [6.07, 6.45) is 4.12. The van der Waals surface area contributed by atoms with Crippen molar-refractivity contribution >= 4 is 22.4 Å². The number of para-hydroxylation sites is 1. The second kappa shape index (κ2) is 7.92. The number of sulfonamides is 1. The molecule has 23 heavy (non-hydrogen) atoms. The third-order valence-electron chi connectivity index (χ3n) is 3.99. The highest BCUT2D eigenvalue weighted by Gasteiger charge is 2.31. The van der Waals surface area contributed by atoms with Crippen LogP contribution in [0.15, 0.2) is 47.6 Å². The van der Waals surface area contributed by atoms with E-state index in [0.717, 1.165) is 5.69 Å². The summed E-state index contributed by atoms with van der Waals surface area (Å²) in [7, 11) is -3.65. The maximum Gasteiger partial charge on any atom is 0.244 e. The molecule has 6 nitrogen and oxygen atoms in total. The SMILES string of the molecule is CCC(CC)(CN)NS(=O)(=O)c1cnn(-c2ccccc2)c1.Cl. The second-order valence-electron chi connectivity index (χ2n) is 5.25. The van der Waals surface area contributed by atoms with Gasteiger partial charge in [-0.05, 0) is 25.0 Å². The van der Waals surface area contributed by atoms with E-state index in [2.05, 4.69) is 9.82 Å². The van der Waals surface area contributed by atoms with Crippen LogP contribution in [-0.4, -0.2) is 30.3 Å². The molecule has 0 saturated carbocycles. The lowest BCUT2D eigenvalue weighted by molar-refractivity contribution is 0.363. The van der Waals surface area contributed by atoms with Crippen molar-refractivity contribution in [1.29, 1.82) is 0 Å². The topological polar surface area (TPSA) is 90.0 Å². The van der Waals surface area contributed by atoms with Gasteiger partial charge in [-0.3, -0.25) is 0 Å². The molecular weight excluding hydrogens is 336 g/mol. The summed E-state index contributed by atoms with van der Waals surface area (Å²) in [5.41, 5.74) is 5.95. The van der Waals surface area contributed by atoms with E-state index in [1.165, 1.54) is 17.1 Å². The van der Waals surface area contributed by atoms with Crippen molar-refractivity contribution in [1.82, 2.24) is 14.5 Å². The van der Waals surface area contributed by atoms with E-state index in [-0.39, 0.29) is 23.8 Å². The lowest BCUT2D eigenvalue weighted by atomic mass is 9.95. The van der Waals surface area contributed by atoms with Crippen molar-refractivity contribution in [3.05, 3.63) is 42.7 Å². The minimum absolute atomic E-state index is 0. The monoisotopic (exact) mass is 358 g/mol. The van der Waals surface area contributed by atoms with Crippen LogP contribution in [0, 0.1) is 0 Å². The summed E-state index contributed by atoms with van der Waals surface area (Å²) in [5, 5.41) is 4.13. The number of hydrogen-bond acceptors (Lipinski definition) is 4. The Morgan fingerprint density at radius 1 is 1.22 bits per heavy atom. The van der Waals surface area contributed by atoms with Gasteiger partial charge in [-0.2, -0.15) is 5.10 Å². The largest absolute Gasteiger partial charge is 0.329 e. The number of rotatable bonds is 7. The summed E-state index contributed by atoms with van der Waals surface area (Å²) >= 11 is 0. The van der Waals surface area contributed by atoms with Crippen LogP contribution in [0.3, 0.4) is 0 Å². The van der Waals surface area contributed by atoms with Gasteiger partial charge in [0.2, 0.25) is 10.0 Å². The molecule has 0 saturated heterocycles. The van der Waals surface area contributed by atoms with E-state index in [4.69, 9.17) is 5.73 Å². The highest BCUT2D eigenvalue weighted by Crippen LogP contribution is 2.19. The average Bonchev–Trinajstić information content (AvgIpc) is 3.04. The number of nitrogens with two attached hydrogens (primary N) is 1. The van der Waals surface area contributed by atoms with Gasteiger partial charge in [0.25, 0.3) is 0 Å². The number of aromatic nitrogens is 2. The van der Waals surface area contributed by atoms with Gasteiger partial charge in [0, 0.05) is 12.1 Å². The van der Waals surface area contributed by atoms with Crippen LogP contribution in [-0.2, 0) is 10.0 Å². The fourth-order valence-electron chi connectivity index (χ4n) is 2.24. The molecule has 0 atom stereocenters. The molecule has 8 heteroatoms. The van der Waals surface area contributed by atoms with E-state index in [0.29, 0.717) is 12.8 Å². The molecule has 0 aliphatic carbocycles. The zero-order chi connectivity index (χ0) is 16.2. The summed E-state index contributed by atoms with van der Waals surface area (Å²) < 4.78 is 29.4. The molecule has 2 rings (SSSR count). The zero-order valence-corrected chi connectivity index (χ0v) is 14.9. The molecular formula is C15H23ClN4O2S. The molecule has 1 heterocycles. The predicted molar refractivity (Wildman–Crippen MR) is 93.5 cm³/mol. The maximum absolute atomic E-state index is 12.5. The Balaban J connectivity index is 0.00000264. The molecule has 3 N–H and O–H groups in total. The molecule has 0 bridgehead atoms. The lowest BCUT2D eigenvalue weighted by Crippen LogP contribution is -2.52. The third-order valence-corrected chi connectivity index (χ3v) is 5.52. The summed E-state index contributed by atoms with van der Waals surface area (Å²) in [4.78, 5) is 0.135. The molecule has 0 fully saturated rings. The lowest BCUT2D eigenvalue weighted by Gasteiger charge is -2.30. The minimum Gasteiger partial charge on any atom is -0.329 e. The Labute approximate surface area is 143 Å². The van der Waals surface area contributed by atoms with Crippen molar-refractivity contribution in [3.8, 4) is 5.69 Å². The van der Waals surface area contributed by atoms with E-state index < -0.39 is 15.6 Å². The predicted octanol–water partition coefficient (Wildman–Crippen LogP) is 2.09. The van der Waals surface area contributed by atoms with Crippen LogP contribution in [0.25, 0.3) is 5.69 Å². The highest BCUT2D eigenvalue weighted by atomic mass is 35.5. The summed E-state index contributed by atoms with van der Waals surface area (Å²) in [5.74, 6) is 0. The Kier molecular flexibility index (Phi) is 6.76. The van der Waals surface area contributed by atoms with E-state index in [1.54, 1.807) is 0 Å². The first-order valence-corrected chi connectivity index (χ1v) is 8.79. The number of hydrogen-bond donors (Lipinski definition) is 2. The van der Waals surface area contributed by atoms with Crippen molar-refractivity contribution in [3.63, 3.8) is 0 Å². The van der Waals surface area contributed by atoms with Gasteiger partial charge in [0.05, 0.1) is 18.1 Å². The van der Waals surface area contributed by atoms with Gasteiger partial charge >= 0.3 is 0 Å². The van der Waals surface area contributed by atoms with Crippen molar-refractivity contribution < 1.29 is 8.42 Å². The first-order valence-electron chi connectivity index (χ1n) is 7.30. The van der Waals surface area contributed by atoms with Crippen molar-refractivity contribution in [2.24, 2.45) is 5.73 Å². The molecule has 1 aromatic carbocycles. The van der Waals surface area contributed by atoms with Crippen LogP contribution >= 0.6 is 12.4 Å². The Hall–Kier alpha value is -1.41. The minimum atomic E-state index is -3.65. The quantitative estimate of drug-likeness (QED) is 0.793. The molecule has 0 radical (unpaired) electrons. The van der Waals surface area contributed by atoms with Crippen LogP contribution in [0.5, 0.6) is 0 Å².